The van der Waals surface area contributed by atoms with Gasteiger partial charge in [0.05, 0.1) is 17.2 Å². The number of carbonyl (C=O) groups is 2. The monoisotopic (exact) mass is 258 g/mol. The molecule has 98 valence electrons. The Kier molecular flexibility index (Phi) is 4.14. The van der Waals surface area contributed by atoms with Gasteiger partial charge in [-0.2, -0.15) is 5.26 Å². The lowest BCUT2D eigenvalue weighted by Crippen LogP contribution is -2.36. The minimum Gasteiger partial charge on any atom is -0.459 e. The molecule has 5 nitrogen and oxygen atoms in total. The second kappa shape index (κ2) is 6.01. The fourth-order valence-electron chi connectivity index (χ4n) is 2.00. The Morgan fingerprint density at radius 2 is 1.95 bits per heavy atom. The number of likely N-dealkylation sites (tertiary alicyclic amines) is 1. The SMILES string of the molecule is N#Cc1ccc(C(=O)OC2CCN(C=O)CC2)cc1. The van der Waals surface area contributed by atoms with E-state index in [-0.39, 0.29) is 12.1 Å². The van der Waals surface area contributed by atoms with Gasteiger partial charge in [-0.3, -0.25) is 4.79 Å². The van der Waals surface area contributed by atoms with Crippen molar-refractivity contribution in [1.29, 1.82) is 5.26 Å². The molecule has 0 unspecified atom stereocenters. The number of rotatable bonds is 3. The molecule has 1 fully saturated rings. The van der Waals surface area contributed by atoms with Crippen LogP contribution >= 0.6 is 0 Å². The van der Waals surface area contributed by atoms with E-state index in [0.29, 0.717) is 37.1 Å². The average molecular weight is 258 g/mol. The molecule has 0 atom stereocenters. The predicted octanol–water partition coefficient (Wildman–Crippen LogP) is 1.34. The summed E-state index contributed by atoms with van der Waals surface area (Å²) < 4.78 is 5.38. The van der Waals surface area contributed by atoms with Gasteiger partial charge >= 0.3 is 5.97 Å². The summed E-state index contributed by atoms with van der Waals surface area (Å²) in [5.74, 6) is -0.381. The lowest BCUT2D eigenvalue weighted by atomic mass is 10.1. The first kappa shape index (κ1) is 13.1. The van der Waals surface area contributed by atoms with Crippen molar-refractivity contribution in [1.82, 2.24) is 4.90 Å². The standard InChI is InChI=1S/C14H14N2O3/c15-9-11-1-3-12(4-2-11)14(18)19-13-5-7-16(10-17)8-6-13/h1-4,10,13H,5-8H2. The van der Waals surface area contributed by atoms with Crippen molar-refractivity contribution in [3.05, 3.63) is 35.4 Å². The van der Waals surface area contributed by atoms with Crippen molar-refractivity contribution in [2.75, 3.05) is 13.1 Å². The number of esters is 1. The van der Waals surface area contributed by atoms with Crippen molar-refractivity contribution < 1.29 is 14.3 Å². The van der Waals surface area contributed by atoms with Crippen LogP contribution in [0.4, 0.5) is 0 Å². The number of amides is 1. The Labute approximate surface area is 111 Å². The molecule has 0 aliphatic carbocycles. The van der Waals surface area contributed by atoms with Crippen LogP contribution < -0.4 is 0 Å². The van der Waals surface area contributed by atoms with Gasteiger partial charge in [-0.25, -0.2) is 4.79 Å². The number of ether oxygens (including phenoxy) is 1. The molecule has 1 aliphatic heterocycles. The molecule has 0 spiro atoms. The molecule has 0 saturated carbocycles. The van der Waals surface area contributed by atoms with E-state index < -0.39 is 0 Å². The normalized spacial score (nSPS) is 15.6. The van der Waals surface area contributed by atoms with E-state index in [4.69, 9.17) is 10.00 Å². The highest BCUT2D eigenvalue weighted by molar-refractivity contribution is 5.89. The predicted molar refractivity (Wildman–Crippen MR) is 67.2 cm³/mol. The molecule has 1 aromatic carbocycles. The zero-order valence-electron chi connectivity index (χ0n) is 10.4. The fraction of sp³-hybridized carbons (Fsp3) is 0.357. The van der Waals surface area contributed by atoms with Crippen LogP contribution in [0.2, 0.25) is 0 Å². The van der Waals surface area contributed by atoms with Gasteiger partial charge in [0.1, 0.15) is 6.10 Å². The molecule has 5 heteroatoms. The van der Waals surface area contributed by atoms with E-state index in [2.05, 4.69) is 0 Å². The summed E-state index contributed by atoms with van der Waals surface area (Å²) >= 11 is 0. The maximum absolute atomic E-state index is 11.9. The molecule has 2 rings (SSSR count). The van der Waals surface area contributed by atoms with Gasteiger partial charge in [0.15, 0.2) is 0 Å². The summed E-state index contributed by atoms with van der Waals surface area (Å²) in [4.78, 5) is 24.1. The highest BCUT2D eigenvalue weighted by Crippen LogP contribution is 2.15. The van der Waals surface area contributed by atoms with Crippen molar-refractivity contribution in [3.8, 4) is 6.07 Å². The number of nitrogens with zero attached hydrogens (tertiary/aromatic N) is 2. The van der Waals surface area contributed by atoms with Gasteiger partial charge in [0, 0.05) is 25.9 Å². The minimum atomic E-state index is -0.381. The molecular formula is C14H14N2O3. The van der Waals surface area contributed by atoms with Crippen LogP contribution in [0.3, 0.4) is 0 Å². The van der Waals surface area contributed by atoms with E-state index in [0.717, 1.165) is 6.41 Å². The summed E-state index contributed by atoms with van der Waals surface area (Å²) in [6.45, 7) is 1.24. The van der Waals surface area contributed by atoms with E-state index >= 15 is 0 Å². The highest BCUT2D eigenvalue weighted by Gasteiger charge is 2.21. The van der Waals surface area contributed by atoms with Gasteiger partial charge < -0.3 is 9.64 Å². The quantitative estimate of drug-likeness (QED) is 0.606. The number of hydrogen-bond donors (Lipinski definition) is 0. The third-order valence-corrected chi connectivity index (χ3v) is 3.15. The van der Waals surface area contributed by atoms with Gasteiger partial charge in [-0.15, -0.1) is 0 Å². The van der Waals surface area contributed by atoms with Crippen LogP contribution in [0.25, 0.3) is 0 Å². The van der Waals surface area contributed by atoms with E-state index in [9.17, 15) is 9.59 Å². The zero-order valence-corrected chi connectivity index (χ0v) is 10.4. The van der Waals surface area contributed by atoms with Crippen molar-refractivity contribution in [2.45, 2.75) is 18.9 Å². The zero-order chi connectivity index (χ0) is 13.7. The molecule has 0 bridgehead atoms. The van der Waals surface area contributed by atoms with Gasteiger partial charge in [-0.05, 0) is 24.3 Å². The van der Waals surface area contributed by atoms with Gasteiger partial charge in [0.25, 0.3) is 0 Å². The first-order valence-electron chi connectivity index (χ1n) is 6.13. The Morgan fingerprint density at radius 3 is 2.47 bits per heavy atom. The number of piperidine rings is 1. The third kappa shape index (κ3) is 3.32. The van der Waals surface area contributed by atoms with Gasteiger partial charge in [-0.1, -0.05) is 0 Å². The molecule has 1 saturated heterocycles. The van der Waals surface area contributed by atoms with Crippen molar-refractivity contribution in [3.63, 3.8) is 0 Å². The van der Waals surface area contributed by atoms with Crippen LogP contribution in [0.1, 0.15) is 28.8 Å². The van der Waals surface area contributed by atoms with Crippen LogP contribution in [0, 0.1) is 11.3 Å². The van der Waals surface area contributed by atoms with Crippen LogP contribution in [0.15, 0.2) is 24.3 Å². The summed E-state index contributed by atoms with van der Waals surface area (Å²) in [7, 11) is 0. The smallest absolute Gasteiger partial charge is 0.338 e. The minimum absolute atomic E-state index is 0.139. The summed E-state index contributed by atoms with van der Waals surface area (Å²) in [5, 5.41) is 8.68. The van der Waals surface area contributed by atoms with E-state index in [1.54, 1.807) is 29.2 Å². The molecular weight excluding hydrogens is 244 g/mol. The lowest BCUT2D eigenvalue weighted by Gasteiger charge is -2.28. The van der Waals surface area contributed by atoms with Gasteiger partial charge in [0.2, 0.25) is 6.41 Å². The average Bonchev–Trinajstić information content (AvgIpc) is 2.48. The Morgan fingerprint density at radius 1 is 1.32 bits per heavy atom. The Balaban J connectivity index is 1.90. The van der Waals surface area contributed by atoms with Crippen LogP contribution in [-0.4, -0.2) is 36.5 Å². The molecule has 19 heavy (non-hydrogen) atoms. The maximum atomic E-state index is 11.9. The van der Waals surface area contributed by atoms with E-state index in [1.165, 1.54) is 0 Å². The maximum Gasteiger partial charge on any atom is 0.338 e. The Bertz CT molecular complexity index is 496. The number of benzene rings is 1. The van der Waals surface area contributed by atoms with Crippen LogP contribution in [0.5, 0.6) is 0 Å². The Hall–Kier alpha value is -2.35. The summed E-state index contributed by atoms with van der Waals surface area (Å²) in [5.41, 5.74) is 0.952. The summed E-state index contributed by atoms with van der Waals surface area (Å²) in [6.07, 6.45) is 2.01. The molecule has 0 aromatic heterocycles. The van der Waals surface area contributed by atoms with E-state index in [1.807, 2.05) is 6.07 Å². The molecule has 1 aromatic rings. The largest absolute Gasteiger partial charge is 0.459 e. The van der Waals surface area contributed by atoms with Crippen LogP contribution in [-0.2, 0) is 9.53 Å². The molecule has 1 heterocycles. The molecule has 0 N–H and O–H groups in total. The number of hydrogen-bond acceptors (Lipinski definition) is 4. The molecule has 1 amide bonds. The molecule has 1 aliphatic rings. The summed E-state index contributed by atoms with van der Waals surface area (Å²) in [6, 6.07) is 8.34. The van der Waals surface area contributed by atoms with Crippen molar-refractivity contribution in [2.24, 2.45) is 0 Å². The first-order chi connectivity index (χ1) is 9.22. The second-order valence-corrected chi connectivity index (χ2v) is 4.44. The third-order valence-electron chi connectivity index (χ3n) is 3.15. The molecule has 0 radical (unpaired) electrons. The number of carbonyl (C=O) groups excluding carboxylic acids is 2. The highest BCUT2D eigenvalue weighted by atomic mass is 16.5. The first-order valence-corrected chi connectivity index (χ1v) is 6.13. The lowest BCUT2D eigenvalue weighted by molar-refractivity contribution is -0.120. The van der Waals surface area contributed by atoms with Crippen molar-refractivity contribution >= 4 is 12.4 Å². The number of nitriles is 1. The fourth-order valence-corrected chi connectivity index (χ4v) is 2.00. The topological polar surface area (TPSA) is 70.4 Å². The second-order valence-electron chi connectivity index (χ2n) is 4.44.